The van der Waals surface area contributed by atoms with E-state index in [1.807, 2.05) is 6.07 Å². The molecule has 0 radical (unpaired) electrons. The van der Waals surface area contributed by atoms with Crippen molar-refractivity contribution in [2.24, 2.45) is 5.92 Å². The van der Waals surface area contributed by atoms with Gasteiger partial charge in [-0.25, -0.2) is 15.0 Å². The van der Waals surface area contributed by atoms with E-state index in [0.717, 1.165) is 40.2 Å². The number of hydrogen-bond donors (Lipinski definition) is 1. The van der Waals surface area contributed by atoms with Crippen LogP contribution in [0.1, 0.15) is 25.3 Å². The second-order valence-corrected chi connectivity index (χ2v) is 8.48. The summed E-state index contributed by atoms with van der Waals surface area (Å²) < 4.78 is 1.01. The molecule has 3 aromatic rings. The van der Waals surface area contributed by atoms with E-state index in [0.29, 0.717) is 11.0 Å². The fourth-order valence-electron chi connectivity index (χ4n) is 3.19. The molecule has 4 rings (SSSR count). The number of nitrogens with two attached hydrogens (primary N) is 1. The maximum absolute atomic E-state index is 5.95. The van der Waals surface area contributed by atoms with E-state index in [2.05, 4.69) is 46.1 Å². The standard InChI is InChI=1S/C18H21N5S2/c1-12-6-5-9-23(10-12)16-14-15(20-17(19)25-14)21-18(22-16)24-11-13-7-3-2-4-8-13/h2-4,7-8,12H,5-6,9-11H2,1H3,(H2,19,20,21,22). The minimum atomic E-state index is 0.556. The molecule has 2 aromatic heterocycles. The van der Waals surface area contributed by atoms with Crippen molar-refractivity contribution in [3.63, 3.8) is 0 Å². The van der Waals surface area contributed by atoms with Crippen LogP contribution in [0.4, 0.5) is 10.9 Å². The van der Waals surface area contributed by atoms with Crippen molar-refractivity contribution >= 4 is 44.4 Å². The van der Waals surface area contributed by atoms with Crippen LogP contribution in [0, 0.1) is 5.92 Å². The summed E-state index contributed by atoms with van der Waals surface area (Å²) in [6.07, 6.45) is 2.48. The van der Waals surface area contributed by atoms with Crippen LogP contribution in [0.15, 0.2) is 35.5 Å². The van der Waals surface area contributed by atoms with E-state index >= 15 is 0 Å². The molecule has 25 heavy (non-hydrogen) atoms. The van der Waals surface area contributed by atoms with E-state index < -0.39 is 0 Å². The normalized spacial score (nSPS) is 18.0. The highest BCUT2D eigenvalue weighted by molar-refractivity contribution is 7.98. The number of anilines is 2. The van der Waals surface area contributed by atoms with Crippen molar-refractivity contribution < 1.29 is 0 Å². The fraction of sp³-hybridized carbons (Fsp3) is 0.389. The van der Waals surface area contributed by atoms with Gasteiger partial charge in [-0.05, 0) is 24.3 Å². The van der Waals surface area contributed by atoms with Crippen molar-refractivity contribution in [3.8, 4) is 0 Å². The Morgan fingerprint density at radius 1 is 1.24 bits per heavy atom. The number of aromatic nitrogens is 3. The summed E-state index contributed by atoms with van der Waals surface area (Å²) in [7, 11) is 0. The average molecular weight is 372 g/mol. The second-order valence-electron chi connectivity index (χ2n) is 6.50. The topological polar surface area (TPSA) is 67.9 Å². The van der Waals surface area contributed by atoms with Gasteiger partial charge < -0.3 is 10.6 Å². The number of piperidine rings is 1. The SMILES string of the molecule is CC1CCCN(c2nc(SCc3ccccc3)nc3nc(N)sc23)C1. The van der Waals surface area contributed by atoms with Crippen LogP contribution in [0.5, 0.6) is 0 Å². The van der Waals surface area contributed by atoms with Crippen LogP contribution in [0.3, 0.4) is 0 Å². The van der Waals surface area contributed by atoms with Crippen molar-refractivity contribution in [2.45, 2.75) is 30.7 Å². The third-order valence-corrected chi connectivity index (χ3v) is 6.19. The molecule has 5 nitrogen and oxygen atoms in total. The van der Waals surface area contributed by atoms with Crippen LogP contribution >= 0.6 is 23.1 Å². The molecule has 0 amide bonds. The molecule has 1 fully saturated rings. The molecule has 1 aromatic carbocycles. The highest BCUT2D eigenvalue weighted by atomic mass is 32.2. The molecular formula is C18H21N5S2. The largest absolute Gasteiger partial charge is 0.375 e. The van der Waals surface area contributed by atoms with Crippen LogP contribution < -0.4 is 10.6 Å². The average Bonchev–Trinajstić information content (AvgIpc) is 3.00. The lowest BCUT2D eigenvalue weighted by Gasteiger charge is -2.32. The minimum Gasteiger partial charge on any atom is -0.375 e. The van der Waals surface area contributed by atoms with Gasteiger partial charge in [0.2, 0.25) is 0 Å². The Morgan fingerprint density at radius 2 is 2.08 bits per heavy atom. The molecule has 1 aliphatic heterocycles. The Balaban J connectivity index is 1.65. The van der Waals surface area contributed by atoms with Gasteiger partial charge in [-0.3, -0.25) is 0 Å². The van der Waals surface area contributed by atoms with E-state index in [-0.39, 0.29) is 0 Å². The molecule has 7 heteroatoms. The number of rotatable bonds is 4. The zero-order valence-electron chi connectivity index (χ0n) is 14.2. The summed E-state index contributed by atoms with van der Waals surface area (Å²) in [4.78, 5) is 16.3. The molecule has 0 spiro atoms. The summed E-state index contributed by atoms with van der Waals surface area (Å²) >= 11 is 3.14. The number of hydrogen-bond acceptors (Lipinski definition) is 7. The fourth-order valence-corrected chi connectivity index (χ4v) is 4.77. The molecule has 1 aliphatic rings. The van der Waals surface area contributed by atoms with Gasteiger partial charge in [0.25, 0.3) is 0 Å². The van der Waals surface area contributed by atoms with Crippen LogP contribution in [-0.4, -0.2) is 28.0 Å². The first-order chi connectivity index (χ1) is 12.2. The first-order valence-electron chi connectivity index (χ1n) is 8.55. The molecular weight excluding hydrogens is 350 g/mol. The minimum absolute atomic E-state index is 0.556. The summed E-state index contributed by atoms with van der Waals surface area (Å²) in [5.74, 6) is 2.53. The zero-order valence-corrected chi connectivity index (χ0v) is 15.8. The van der Waals surface area contributed by atoms with E-state index in [1.165, 1.54) is 29.7 Å². The first-order valence-corrected chi connectivity index (χ1v) is 10.3. The molecule has 0 saturated carbocycles. The van der Waals surface area contributed by atoms with Crippen molar-refractivity contribution in [1.29, 1.82) is 0 Å². The zero-order chi connectivity index (χ0) is 17.2. The van der Waals surface area contributed by atoms with Gasteiger partial charge in [0.05, 0.1) is 0 Å². The van der Waals surface area contributed by atoms with Gasteiger partial charge in [-0.1, -0.05) is 60.4 Å². The third kappa shape index (κ3) is 3.72. The van der Waals surface area contributed by atoms with Crippen molar-refractivity contribution in [1.82, 2.24) is 15.0 Å². The second kappa shape index (κ2) is 7.17. The quantitative estimate of drug-likeness (QED) is 0.548. The monoisotopic (exact) mass is 371 g/mol. The maximum atomic E-state index is 5.95. The van der Waals surface area contributed by atoms with Crippen molar-refractivity contribution in [3.05, 3.63) is 35.9 Å². The van der Waals surface area contributed by atoms with E-state index in [9.17, 15) is 0 Å². The molecule has 1 atom stereocenters. The lowest BCUT2D eigenvalue weighted by molar-refractivity contribution is 0.444. The molecule has 2 N–H and O–H groups in total. The summed E-state index contributed by atoms with van der Waals surface area (Å²) in [5, 5.41) is 1.33. The van der Waals surface area contributed by atoms with Gasteiger partial charge in [0, 0.05) is 18.8 Å². The number of thioether (sulfide) groups is 1. The molecule has 1 saturated heterocycles. The van der Waals surface area contributed by atoms with Crippen molar-refractivity contribution in [2.75, 3.05) is 23.7 Å². The van der Waals surface area contributed by atoms with E-state index in [1.54, 1.807) is 11.8 Å². The number of benzene rings is 1. The highest BCUT2D eigenvalue weighted by Gasteiger charge is 2.22. The van der Waals surface area contributed by atoms with Gasteiger partial charge in [0.15, 0.2) is 21.8 Å². The molecule has 1 unspecified atom stereocenters. The third-order valence-electron chi connectivity index (χ3n) is 4.40. The van der Waals surface area contributed by atoms with Gasteiger partial charge >= 0.3 is 0 Å². The summed E-state index contributed by atoms with van der Waals surface area (Å²) in [5.41, 5.74) is 7.93. The molecule has 130 valence electrons. The first kappa shape index (κ1) is 16.6. The Hall–Kier alpha value is -1.86. The Morgan fingerprint density at radius 3 is 2.88 bits per heavy atom. The lowest BCUT2D eigenvalue weighted by Crippen LogP contribution is -2.35. The molecule has 3 heterocycles. The Labute approximate surface area is 155 Å². The van der Waals surface area contributed by atoms with Crippen LogP contribution in [0.25, 0.3) is 10.3 Å². The van der Waals surface area contributed by atoms with Gasteiger partial charge in [-0.2, -0.15) is 0 Å². The summed E-state index contributed by atoms with van der Waals surface area (Å²) in [6, 6.07) is 10.4. The molecule has 0 aliphatic carbocycles. The number of nitrogens with zero attached hydrogens (tertiary/aromatic N) is 4. The predicted octanol–water partition coefficient (Wildman–Crippen LogP) is 4.20. The predicted molar refractivity (Wildman–Crippen MR) is 106 cm³/mol. The molecule has 0 bridgehead atoms. The Kier molecular flexibility index (Phi) is 4.76. The van der Waals surface area contributed by atoms with Gasteiger partial charge in [0.1, 0.15) is 4.70 Å². The van der Waals surface area contributed by atoms with Gasteiger partial charge in [-0.15, -0.1) is 0 Å². The lowest BCUT2D eigenvalue weighted by atomic mass is 10.0. The maximum Gasteiger partial charge on any atom is 0.191 e. The number of nitrogen functional groups attached to an aromatic ring is 1. The Bertz CT molecular complexity index is 865. The van der Waals surface area contributed by atoms with E-state index in [4.69, 9.17) is 10.7 Å². The number of fused-ring (bicyclic) bond motifs is 1. The number of thiazole rings is 1. The summed E-state index contributed by atoms with van der Waals surface area (Å²) in [6.45, 7) is 4.38. The van der Waals surface area contributed by atoms with Crippen LogP contribution in [0.2, 0.25) is 0 Å². The highest BCUT2D eigenvalue weighted by Crippen LogP contribution is 2.35. The van der Waals surface area contributed by atoms with Crippen LogP contribution in [-0.2, 0) is 5.75 Å². The smallest absolute Gasteiger partial charge is 0.191 e.